The molecule has 1 unspecified atom stereocenters. The topological polar surface area (TPSA) is 46.5 Å². The normalized spacial score (nSPS) is 12.8. The molecule has 1 atom stereocenters. The van der Waals surface area contributed by atoms with Gasteiger partial charge in [0.15, 0.2) is 0 Å². The predicted molar refractivity (Wildman–Crippen MR) is 171 cm³/mol. The lowest BCUT2D eigenvalue weighted by molar-refractivity contribution is -0.129. The van der Waals surface area contributed by atoms with Gasteiger partial charge in [0, 0.05) is 28.7 Å². The van der Waals surface area contributed by atoms with Crippen molar-refractivity contribution in [3.63, 3.8) is 0 Å². The van der Waals surface area contributed by atoms with Crippen molar-refractivity contribution in [2.75, 3.05) is 0 Å². The third kappa shape index (κ3) is 9.53. The number of carbonyl (C=O) groups excluding carboxylic acids is 1. The van der Waals surface area contributed by atoms with Gasteiger partial charge in [-0.3, -0.25) is 0 Å². The van der Waals surface area contributed by atoms with Crippen LogP contribution in [0, 0.1) is 13.8 Å². The monoisotopic (exact) mass is 548 g/mol. The third-order valence-electron chi connectivity index (χ3n) is 7.88. The number of esters is 1. The van der Waals surface area contributed by atoms with Gasteiger partial charge in [-0.2, -0.15) is 0 Å². The summed E-state index contributed by atoms with van der Waals surface area (Å²) >= 11 is 0. The van der Waals surface area contributed by atoms with Crippen LogP contribution < -0.4 is 4.74 Å². The minimum absolute atomic E-state index is 0.0980. The van der Waals surface area contributed by atoms with E-state index < -0.39 is 5.97 Å². The van der Waals surface area contributed by atoms with Crippen LogP contribution in [-0.2, 0) is 15.6 Å². The molecule has 0 saturated heterocycles. The van der Waals surface area contributed by atoms with E-state index in [-0.39, 0.29) is 16.7 Å². The van der Waals surface area contributed by atoms with Gasteiger partial charge in [-0.25, -0.2) is 4.79 Å². The number of phenolic OH excluding ortho intramolecular Hbond substituents is 1. The second-order valence-corrected chi connectivity index (χ2v) is 13.8. The van der Waals surface area contributed by atoms with Gasteiger partial charge >= 0.3 is 5.97 Å². The van der Waals surface area contributed by atoms with Gasteiger partial charge in [-0.1, -0.05) is 148 Å². The van der Waals surface area contributed by atoms with E-state index in [1.54, 1.807) is 0 Å². The van der Waals surface area contributed by atoms with Gasteiger partial charge in [-0.05, 0) is 36.7 Å². The molecule has 0 bridgehead atoms. The number of rotatable bonds is 14. The van der Waals surface area contributed by atoms with Gasteiger partial charge in [0.1, 0.15) is 11.5 Å². The first-order valence-corrected chi connectivity index (χ1v) is 15.5. The molecule has 40 heavy (non-hydrogen) atoms. The number of benzene rings is 2. The Morgan fingerprint density at radius 1 is 0.800 bits per heavy atom. The van der Waals surface area contributed by atoms with E-state index in [0.29, 0.717) is 11.5 Å². The molecule has 3 heteroatoms. The molecule has 2 aromatic carbocycles. The average Bonchev–Trinajstić information content (AvgIpc) is 2.86. The lowest BCUT2D eigenvalue weighted by Gasteiger charge is -2.30. The summed E-state index contributed by atoms with van der Waals surface area (Å²) in [4.78, 5) is 12.6. The fourth-order valence-corrected chi connectivity index (χ4v) is 5.66. The molecule has 2 rings (SSSR count). The number of carbonyl (C=O) groups is 1. The average molecular weight is 549 g/mol. The number of hydrogen-bond acceptors (Lipinski definition) is 3. The molecule has 0 spiro atoms. The molecule has 0 aliphatic heterocycles. The number of aromatic hydroxyl groups is 1. The van der Waals surface area contributed by atoms with Crippen molar-refractivity contribution in [2.45, 2.75) is 143 Å². The van der Waals surface area contributed by atoms with Crippen molar-refractivity contribution >= 4 is 5.97 Å². The highest BCUT2D eigenvalue weighted by Gasteiger charge is 2.31. The number of phenols is 1. The molecular weight excluding hydrogens is 492 g/mol. The van der Waals surface area contributed by atoms with Crippen LogP contribution in [0.15, 0.2) is 36.9 Å². The van der Waals surface area contributed by atoms with E-state index in [4.69, 9.17) is 4.74 Å². The van der Waals surface area contributed by atoms with Crippen molar-refractivity contribution in [1.29, 1.82) is 0 Å². The van der Waals surface area contributed by atoms with Gasteiger partial charge in [0.05, 0.1) is 0 Å². The van der Waals surface area contributed by atoms with Crippen LogP contribution in [-0.4, -0.2) is 11.1 Å². The predicted octanol–water partition coefficient (Wildman–Crippen LogP) is 10.7. The molecule has 0 heterocycles. The van der Waals surface area contributed by atoms with Crippen molar-refractivity contribution in [1.82, 2.24) is 0 Å². The van der Waals surface area contributed by atoms with Crippen LogP contribution in [0.2, 0.25) is 0 Å². The van der Waals surface area contributed by atoms with Crippen LogP contribution in [0.5, 0.6) is 11.5 Å². The van der Waals surface area contributed by atoms with Crippen molar-refractivity contribution in [2.24, 2.45) is 0 Å². The summed E-state index contributed by atoms with van der Waals surface area (Å²) in [6.45, 7) is 23.0. The highest BCUT2D eigenvalue weighted by Crippen LogP contribution is 2.47. The quantitative estimate of drug-likeness (QED) is 0.110. The first-order chi connectivity index (χ1) is 18.7. The Kier molecular flexibility index (Phi) is 12.5. The summed E-state index contributed by atoms with van der Waals surface area (Å²) < 4.78 is 6.03. The molecule has 2 aromatic rings. The third-order valence-corrected chi connectivity index (χ3v) is 7.88. The maximum Gasteiger partial charge on any atom is 0.335 e. The maximum atomic E-state index is 12.6. The molecule has 0 saturated carbocycles. The smallest absolute Gasteiger partial charge is 0.335 e. The maximum absolute atomic E-state index is 12.6. The molecule has 1 N–H and O–H groups in total. The molecule has 0 radical (unpaired) electrons. The first kappa shape index (κ1) is 33.7. The van der Waals surface area contributed by atoms with E-state index in [1.165, 1.54) is 51.0 Å². The Morgan fingerprint density at radius 3 is 1.77 bits per heavy atom. The highest BCUT2D eigenvalue weighted by molar-refractivity contribution is 5.84. The molecule has 0 aliphatic carbocycles. The molecule has 3 nitrogen and oxygen atoms in total. The Balaban J connectivity index is 2.58. The van der Waals surface area contributed by atoms with Gasteiger partial charge in [-0.15, -0.1) is 0 Å². The fourth-order valence-electron chi connectivity index (χ4n) is 5.66. The molecule has 222 valence electrons. The summed E-state index contributed by atoms with van der Waals surface area (Å²) in [5.41, 5.74) is 5.67. The van der Waals surface area contributed by atoms with Crippen LogP contribution in [0.1, 0.15) is 152 Å². The highest BCUT2D eigenvalue weighted by atomic mass is 16.5. The Morgan fingerprint density at radius 2 is 1.27 bits per heavy atom. The molecule has 0 amide bonds. The lowest BCUT2D eigenvalue weighted by Crippen LogP contribution is -2.19. The number of unbranched alkanes of at least 4 members (excludes halogenated alkanes) is 8. The standard InChI is InChI=1S/C37H56O3/c1-11-13-14-15-16-17-18-19-20-21-28(29-22-26(3)24-31(34(29)39)36(5,6)7)30-23-27(4)25-32(37(8,9)10)35(30)40-33(38)12-2/h12,22-25,28,39H,2,11,13-21H2,1,3-10H3. The summed E-state index contributed by atoms with van der Waals surface area (Å²) in [6.07, 6.45) is 13.4. The number of hydrogen-bond donors (Lipinski definition) is 1. The molecule has 0 aliphatic rings. The van der Waals surface area contributed by atoms with E-state index in [1.807, 2.05) is 0 Å². The second-order valence-electron chi connectivity index (χ2n) is 13.8. The van der Waals surface area contributed by atoms with E-state index in [9.17, 15) is 9.90 Å². The largest absolute Gasteiger partial charge is 0.507 e. The lowest BCUT2D eigenvalue weighted by atomic mass is 9.76. The van der Waals surface area contributed by atoms with Crippen molar-refractivity contribution in [3.8, 4) is 11.5 Å². The van der Waals surface area contributed by atoms with E-state index in [2.05, 4.69) is 93.2 Å². The second kappa shape index (κ2) is 14.9. The van der Waals surface area contributed by atoms with Crippen molar-refractivity contribution in [3.05, 3.63) is 70.3 Å². The Hall–Kier alpha value is -2.55. The minimum atomic E-state index is -0.457. The minimum Gasteiger partial charge on any atom is -0.507 e. The summed E-state index contributed by atoms with van der Waals surface area (Å²) in [7, 11) is 0. The van der Waals surface area contributed by atoms with Gasteiger partial charge in [0.25, 0.3) is 0 Å². The zero-order valence-corrected chi connectivity index (χ0v) is 27.0. The van der Waals surface area contributed by atoms with Crippen LogP contribution in [0.3, 0.4) is 0 Å². The number of aryl methyl sites for hydroxylation is 2. The van der Waals surface area contributed by atoms with E-state index in [0.717, 1.165) is 52.6 Å². The van der Waals surface area contributed by atoms with Crippen LogP contribution >= 0.6 is 0 Å². The molecular formula is C37H56O3. The van der Waals surface area contributed by atoms with Gasteiger partial charge < -0.3 is 9.84 Å². The van der Waals surface area contributed by atoms with E-state index >= 15 is 0 Å². The SMILES string of the molecule is C=CC(=O)Oc1c(C(CCCCCCCCCCC)c2cc(C)cc(C(C)(C)C)c2O)cc(C)cc1C(C)(C)C. The van der Waals surface area contributed by atoms with Crippen LogP contribution in [0.25, 0.3) is 0 Å². The summed E-state index contributed by atoms with van der Waals surface area (Å²) in [6, 6.07) is 8.50. The number of ether oxygens (including phenoxy) is 1. The van der Waals surface area contributed by atoms with Crippen molar-refractivity contribution < 1.29 is 14.6 Å². The molecule has 0 fully saturated rings. The zero-order chi connectivity index (χ0) is 30.1. The summed E-state index contributed by atoms with van der Waals surface area (Å²) in [5, 5.41) is 11.7. The van der Waals surface area contributed by atoms with Gasteiger partial charge in [0.2, 0.25) is 0 Å². The zero-order valence-electron chi connectivity index (χ0n) is 27.0. The molecule has 0 aromatic heterocycles. The first-order valence-electron chi connectivity index (χ1n) is 15.5. The Bertz CT molecular complexity index is 1130. The summed E-state index contributed by atoms with van der Waals surface area (Å²) in [5.74, 6) is 0.418. The van der Waals surface area contributed by atoms with Crippen LogP contribution in [0.4, 0.5) is 0 Å². The fraction of sp³-hybridized carbons (Fsp3) is 0.595. The Labute approximate surface area is 245 Å².